The highest BCUT2D eigenvalue weighted by molar-refractivity contribution is 5.76. The van der Waals surface area contributed by atoms with Gasteiger partial charge in [-0.2, -0.15) is 5.10 Å². The van der Waals surface area contributed by atoms with Crippen LogP contribution in [0.25, 0.3) is 5.65 Å². The fraction of sp³-hybridized carbons (Fsp3) is 0.462. The number of hydrogen-bond donors (Lipinski definition) is 1. The monoisotopic (exact) mass is 246 g/mol. The van der Waals surface area contributed by atoms with E-state index in [-0.39, 0.29) is 5.91 Å². The lowest BCUT2D eigenvalue weighted by Gasteiger charge is -2.04. The molecule has 96 valence electrons. The highest BCUT2D eigenvalue weighted by atomic mass is 16.1. The van der Waals surface area contributed by atoms with Gasteiger partial charge in [0.2, 0.25) is 5.91 Å². The summed E-state index contributed by atoms with van der Waals surface area (Å²) in [7, 11) is 0. The van der Waals surface area contributed by atoms with E-state index in [0.717, 1.165) is 29.0 Å². The second-order valence-electron chi connectivity index (χ2n) is 4.47. The standard InChI is InChI=1S/C13H18N4O/c1-4-5-12(18)14-7-11-8-15-17-10(3)6-9(2)16-13(11)17/h6,8H,4-5,7H2,1-3H3,(H,14,18). The number of fused-ring (bicyclic) bond motifs is 1. The predicted molar refractivity (Wildman–Crippen MR) is 69.2 cm³/mol. The number of carbonyl (C=O) groups excluding carboxylic acids is 1. The third kappa shape index (κ3) is 2.50. The van der Waals surface area contributed by atoms with Gasteiger partial charge in [0.05, 0.1) is 6.20 Å². The van der Waals surface area contributed by atoms with Gasteiger partial charge in [-0.3, -0.25) is 4.79 Å². The van der Waals surface area contributed by atoms with Gasteiger partial charge in [0, 0.05) is 29.9 Å². The number of aryl methyl sites for hydroxylation is 2. The highest BCUT2D eigenvalue weighted by Crippen LogP contribution is 2.11. The molecule has 0 aliphatic carbocycles. The van der Waals surface area contributed by atoms with E-state index in [1.807, 2.05) is 26.8 Å². The van der Waals surface area contributed by atoms with Gasteiger partial charge in [0.1, 0.15) is 0 Å². The number of amides is 1. The lowest BCUT2D eigenvalue weighted by molar-refractivity contribution is -0.121. The van der Waals surface area contributed by atoms with E-state index in [1.54, 1.807) is 10.7 Å². The summed E-state index contributed by atoms with van der Waals surface area (Å²) in [6.07, 6.45) is 3.18. The molecule has 0 atom stereocenters. The van der Waals surface area contributed by atoms with Crippen LogP contribution in [0.4, 0.5) is 0 Å². The van der Waals surface area contributed by atoms with Crippen molar-refractivity contribution in [3.8, 4) is 0 Å². The number of carbonyl (C=O) groups is 1. The van der Waals surface area contributed by atoms with Crippen LogP contribution in [0.2, 0.25) is 0 Å². The Morgan fingerprint density at radius 1 is 1.44 bits per heavy atom. The van der Waals surface area contributed by atoms with E-state index in [2.05, 4.69) is 15.4 Å². The lowest BCUT2D eigenvalue weighted by Crippen LogP contribution is -2.22. The quantitative estimate of drug-likeness (QED) is 0.894. The van der Waals surface area contributed by atoms with E-state index in [4.69, 9.17) is 0 Å². The van der Waals surface area contributed by atoms with E-state index >= 15 is 0 Å². The number of aromatic nitrogens is 3. The molecule has 0 fully saturated rings. The van der Waals surface area contributed by atoms with Crippen LogP contribution in [-0.2, 0) is 11.3 Å². The van der Waals surface area contributed by atoms with Crippen molar-refractivity contribution in [1.29, 1.82) is 0 Å². The molecule has 1 amide bonds. The van der Waals surface area contributed by atoms with Crippen molar-refractivity contribution in [3.63, 3.8) is 0 Å². The van der Waals surface area contributed by atoms with Crippen molar-refractivity contribution in [3.05, 3.63) is 29.2 Å². The summed E-state index contributed by atoms with van der Waals surface area (Å²) in [5.41, 5.74) is 3.78. The van der Waals surface area contributed by atoms with Gasteiger partial charge in [-0.1, -0.05) is 6.92 Å². The molecule has 2 rings (SSSR count). The van der Waals surface area contributed by atoms with Gasteiger partial charge in [0.25, 0.3) is 0 Å². The van der Waals surface area contributed by atoms with Crippen LogP contribution in [0.3, 0.4) is 0 Å². The lowest BCUT2D eigenvalue weighted by atomic mass is 10.3. The average Bonchev–Trinajstić information content (AvgIpc) is 2.70. The molecule has 0 radical (unpaired) electrons. The van der Waals surface area contributed by atoms with Crippen LogP contribution in [0.1, 0.15) is 36.7 Å². The average molecular weight is 246 g/mol. The molecule has 0 spiro atoms. The van der Waals surface area contributed by atoms with Crippen LogP contribution in [-0.4, -0.2) is 20.5 Å². The molecule has 0 aliphatic rings. The molecular formula is C13H18N4O. The summed E-state index contributed by atoms with van der Waals surface area (Å²) in [6, 6.07) is 1.99. The second-order valence-corrected chi connectivity index (χ2v) is 4.47. The van der Waals surface area contributed by atoms with Crippen molar-refractivity contribution in [2.45, 2.75) is 40.2 Å². The smallest absolute Gasteiger partial charge is 0.220 e. The Morgan fingerprint density at radius 3 is 2.94 bits per heavy atom. The third-order valence-corrected chi connectivity index (χ3v) is 2.80. The summed E-state index contributed by atoms with van der Waals surface area (Å²) < 4.78 is 1.80. The van der Waals surface area contributed by atoms with Gasteiger partial charge in [-0.05, 0) is 26.3 Å². The van der Waals surface area contributed by atoms with Crippen molar-refractivity contribution in [1.82, 2.24) is 19.9 Å². The highest BCUT2D eigenvalue weighted by Gasteiger charge is 2.09. The first-order valence-corrected chi connectivity index (χ1v) is 6.19. The maximum Gasteiger partial charge on any atom is 0.220 e. The van der Waals surface area contributed by atoms with E-state index in [9.17, 15) is 4.79 Å². The van der Waals surface area contributed by atoms with Crippen LogP contribution in [0.15, 0.2) is 12.3 Å². The van der Waals surface area contributed by atoms with E-state index in [0.29, 0.717) is 13.0 Å². The molecule has 18 heavy (non-hydrogen) atoms. The van der Waals surface area contributed by atoms with Crippen LogP contribution < -0.4 is 5.32 Å². The predicted octanol–water partition coefficient (Wildman–Crippen LogP) is 1.76. The summed E-state index contributed by atoms with van der Waals surface area (Å²) >= 11 is 0. The summed E-state index contributed by atoms with van der Waals surface area (Å²) in [6.45, 7) is 6.43. The molecule has 1 N–H and O–H groups in total. The van der Waals surface area contributed by atoms with Crippen LogP contribution >= 0.6 is 0 Å². The minimum absolute atomic E-state index is 0.0706. The first-order valence-electron chi connectivity index (χ1n) is 6.19. The van der Waals surface area contributed by atoms with E-state index < -0.39 is 0 Å². The van der Waals surface area contributed by atoms with Crippen molar-refractivity contribution in [2.75, 3.05) is 0 Å². The van der Waals surface area contributed by atoms with Crippen molar-refractivity contribution < 1.29 is 4.79 Å². The maximum absolute atomic E-state index is 11.4. The molecule has 0 aromatic carbocycles. The van der Waals surface area contributed by atoms with Gasteiger partial charge in [0.15, 0.2) is 5.65 Å². The van der Waals surface area contributed by atoms with Crippen molar-refractivity contribution >= 4 is 11.6 Å². The first-order chi connectivity index (χ1) is 8.61. The van der Waals surface area contributed by atoms with Gasteiger partial charge >= 0.3 is 0 Å². The Labute approximate surface area is 106 Å². The second kappa shape index (κ2) is 5.16. The summed E-state index contributed by atoms with van der Waals surface area (Å²) in [4.78, 5) is 15.9. The van der Waals surface area contributed by atoms with Gasteiger partial charge in [-0.25, -0.2) is 9.50 Å². The Hall–Kier alpha value is -1.91. The molecule has 0 saturated heterocycles. The number of nitrogens with one attached hydrogen (secondary N) is 1. The fourth-order valence-corrected chi connectivity index (χ4v) is 1.95. The molecule has 0 saturated carbocycles. The minimum atomic E-state index is 0.0706. The van der Waals surface area contributed by atoms with Gasteiger partial charge in [-0.15, -0.1) is 0 Å². The molecule has 5 nitrogen and oxygen atoms in total. The Morgan fingerprint density at radius 2 is 2.22 bits per heavy atom. The molecule has 2 aromatic heterocycles. The Bertz CT molecular complexity index is 574. The summed E-state index contributed by atoms with van der Waals surface area (Å²) in [5, 5.41) is 7.17. The molecule has 2 aromatic rings. The molecule has 0 unspecified atom stereocenters. The van der Waals surface area contributed by atoms with Crippen molar-refractivity contribution in [2.24, 2.45) is 0 Å². The zero-order valence-corrected chi connectivity index (χ0v) is 11.0. The SMILES string of the molecule is CCCC(=O)NCc1cnn2c(C)cc(C)nc12. The zero-order chi connectivity index (χ0) is 13.1. The summed E-state index contributed by atoms with van der Waals surface area (Å²) in [5.74, 6) is 0.0706. The van der Waals surface area contributed by atoms with E-state index in [1.165, 1.54) is 0 Å². The van der Waals surface area contributed by atoms with Gasteiger partial charge < -0.3 is 5.32 Å². The topological polar surface area (TPSA) is 59.3 Å². The Balaban J connectivity index is 2.21. The molecule has 5 heteroatoms. The number of hydrogen-bond acceptors (Lipinski definition) is 3. The zero-order valence-electron chi connectivity index (χ0n) is 11.0. The molecule has 2 heterocycles. The minimum Gasteiger partial charge on any atom is -0.352 e. The number of nitrogens with zero attached hydrogens (tertiary/aromatic N) is 3. The first kappa shape index (κ1) is 12.5. The Kier molecular flexibility index (Phi) is 3.60. The molecule has 0 aliphatic heterocycles. The number of rotatable bonds is 4. The molecular weight excluding hydrogens is 228 g/mol. The normalized spacial score (nSPS) is 10.8. The fourth-order valence-electron chi connectivity index (χ4n) is 1.95. The maximum atomic E-state index is 11.4. The van der Waals surface area contributed by atoms with Crippen LogP contribution in [0, 0.1) is 13.8 Å². The largest absolute Gasteiger partial charge is 0.352 e. The molecule has 0 bridgehead atoms. The van der Waals surface area contributed by atoms with Crippen LogP contribution in [0.5, 0.6) is 0 Å². The third-order valence-electron chi connectivity index (χ3n) is 2.80.